The van der Waals surface area contributed by atoms with Crippen molar-refractivity contribution < 1.29 is 9.53 Å². The van der Waals surface area contributed by atoms with Crippen LogP contribution in [0.5, 0.6) is 0 Å². The molecule has 3 rings (SSSR count). The molecule has 0 unspecified atom stereocenters. The van der Waals surface area contributed by atoms with E-state index in [9.17, 15) is 9.59 Å². The van der Waals surface area contributed by atoms with Gasteiger partial charge in [-0.15, -0.1) is 0 Å². The highest BCUT2D eigenvalue weighted by Gasteiger charge is 2.34. The average Bonchev–Trinajstić information content (AvgIpc) is 2.92. The van der Waals surface area contributed by atoms with E-state index in [1.54, 1.807) is 36.4 Å². The van der Waals surface area contributed by atoms with Gasteiger partial charge >= 0.3 is 0 Å². The van der Waals surface area contributed by atoms with E-state index in [1.807, 2.05) is 19.9 Å². The number of carbonyl (C=O) groups excluding carboxylic acids is 1. The molecule has 2 aromatic rings. The Kier molecular flexibility index (Phi) is 5.93. The lowest BCUT2D eigenvalue weighted by Crippen LogP contribution is -2.34. The van der Waals surface area contributed by atoms with Crippen molar-refractivity contribution in [3.8, 4) is 0 Å². The van der Waals surface area contributed by atoms with Crippen molar-refractivity contribution in [2.75, 3.05) is 25.6 Å². The van der Waals surface area contributed by atoms with Crippen molar-refractivity contribution in [2.24, 2.45) is 0 Å². The minimum Gasteiger partial charge on any atom is -0.383 e. The summed E-state index contributed by atoms with van der Waals surface area (Å²) in [6, 6.07) is 5.29. The summed E-state index contributed by atoms with van der Waals surface area (Å²) < 4.78 is 7.00. The lowest BCUT2D eigenvalue weighted by atomic mass is 10.2. The fraction of sp³-hybridized carbons (Fsp3) is 0.333. The molecule has 0 bridgehead atoms. The molecular weight excluding hydrogens is 384 g/mol. The zero-order valence-electron chi connectivity index (χ0n) is 15.3. The summed E-state index contributed by atoms with van der Waals surface area (Å²) in [5.41, 5.74) is 0.587. The van der Waals surface area contributed by atoms with Gasteiger partial charge in [0.25, 0.3) is 11.5 Å². The van der Waals surface area contributed by atoms with Crippen LogP contribution in [0.1, 0.15) is 19.4 Å². The summed E-state index contributed by atoms with van der Waals surface area (Å²) in [5.74, 6) is 0.221. The van der Waals surface area contributed by atoms with E-state index in [4.69, 9.17) is 17.0 Å². The highest BCUT2D eigenvalue weighted by atomic mass is 32.2. The van der Waals surface area contributed by atoms with E-state index >= 15 is 0 Å². The Bertz CT molecular complexity index is 984. The number of carbonyl (C=O) groups is 1. The molecule has 7 nitrogen and oxygen atoms in total. The zero-order valence-corrected chi connectivity index (χ0v) is 16.9. The smallest absolute Gasteiger partial charge is 0.267 e. The molecule has 0 radical (unpaired) electrons. The van der Waals surface area contributed by atoms with Gasteiger partial charge in [-0.1, -0.05) is 30.0 Å². The van der Waals surface area contributed by atoms with Gasteiger partial charge in [-0.3, -0.25) is 18.9 Å². The molecule has 0 aliphatic carbocycles. The fourth-order valence-electron chi connectivity index (χ4n) is 2.70. The van der Waals surface area contributed by atoms with Crippen molar-refractivity contribution >= 4 is 51.7 Å². The summed E-state index contributed by atoms with van der Waals surface area (Å²) in [4.78, 5) is 32.2. The molecule has 0 saturated carbocycles. The van der Waals surface area contributed by atoms with E-state index in [0.29, 0.717) is 39.4 Å². The monoisotopic (exact) mass is 404 g/mol. The molecule has 1 aliphatic rings. The Morgan fingerprint density at radius 2 is 2.15 bits per heavy atom. The van der Waals surface area contributed by atoms with Gasteiger partial charge in [0.15, 0.2) is 0 Å². The van der Waals surface area contributed by atoms with Crippen molar-refractivity contribution in [2.45, 2.75) is 19.9 Å². The number of aromatic nitrogens is 2. The maximum Gasteiger partial charge on any atom is 0.267 e. The zero-order chi connectivity index (χ0) is 19.6. The molecule has 142 valence electrons. The molecule has 1 amide bonds. The van der Waals surface area contributed by atoms with Crippen LogP contribution in [0, 0.1) is 0 Å². The van der Waals surface area contributed by atoms with Gasteiger partial charge in [0.05, 0.1) is 17.1 Å². The highest BCUT2D eigenvalue weighted by molar-refractivity contribution is 8.26. The SMILES string of the molecule is COCCNc1nc2ccccn2c(=O)c1C=C1SC(=S)N(C(C)C)C1=O. The molecule has 0 spiro atoms. The number of anilines is 1. The number of rotatable bonds is 6. The standard InChI is InChI=1S/C18H20N4O3S2/c1-11(2)22-17(24)13(27-18(22)26)10-12-15(19-7-9-25-3)20-14-6-4-5-8-21(14)16(12)23/h4-6,8,10-11,19H,7,9H2,1-3H3. The number of nitrogens with one attached hydrogen (secondary N) is 1. The lowest BCUT2D eigenvalue weighted by Gasteiger charge is -2.18. The molecule has 1 saturated heterocycles. The lowest BCUT2D eigenvalue weighted by molar-refractivity contribution is -0.123. The average molecular weight is 405 g/mol. The van der Waals surface area contributed by atoms with Gasteiger partial charge in [-0.2, -0.15) is 0 Å². The molecule has 9 heteroatoms. The van der Waals surface area contributed by atoms with Crippen LogP contribution in [-0.4, -0.2) is 50.8 Å². The van der Waals surface area contributed by atoms with Gasteiger partial charge in [-0.05, 0) is 32.1 Å². The van der Waals surface area contributed by atoms with E-state index in [1.165, 1.54) is 16.2 Å². The third kappa shape index (κ3) is 3.90. The predicted octanol–water partition coefficient (Wildman–Crippen LogP) is 2.36. The first-order valence-corrected chi connectivity index (χ1v) is 9.67. The van der Waals surface area contributed by atoms with Crippen LogP contribution in [0.2, 0.25) is 0 Å². The molecule has 0 atom stereocenters. The fourth-order valence-corrected chi connectivity index (χ4v) is 4.20. The summed E-state index contributed by atoms with van der Waals surface area (Å²) in [6.07, 6.45) is 3.23. The van der Waals surface area contributed by atoms with Crippen LogP contribution in [-0.2, 0) is 9.53 Å². The minimum atomic E-state index is -0.254. The van der Waals surface area contributed by atoms with E-state index in [0.717, 1.165) is 0 Å². The molecular formula is C18H20N4O3S2. The van der Waals surface area contributed by atoms with Crippen LogP contribution < -0.4 is 10.9 Å². The molecule has 0 aromatic carbocycles. The second kappa shape index (κ2) is 8.20. The first-order chi connectivity index (χ1) is 12.9. The Morgan fingerprint density at radius 3 is 2.81 bits per heavy atom. The van der Waals surface area contributed by atoms with Crippen molar-refractivity contribution in [3.05, 3.63) is 45.2 Å². The van der Waals surface area contributed by atoms with Gasteiger partial charge in [0.2, 0.25) is 0 Å². The van der Waals surface area contributed by atoms with Crippen LogP contribution >= 0.6 is 24.0 Å². The molecule has 27 heavy (non-hydrogen) atoms. The van der Waals surface area contributed by atoms with Gasteiger partial charge < -0.3 is 10.1 Å². The summed E-state index contributed by atoms with van der Waals surface area (Å²) in [6.45, 7) is 4.75. The number of methoxy groups -OCH3 is 1. The number of hydrogen-bond donors (Lipinski definition) is 1. The maximum atomic E-state index is 13.0. The summed E-state index contributed by atoms with van der Waals surface area (Å²) >= 11 is 6.51. The van der Waals surface area contributed by atoms with Crippen molar-refractivity contribution in [3.63, 3.8) is 0 Å². The number of fused-ring (bicyclic) bond motifs is 1. The molecule has 3 heterocycles. The van der Waals surface area contributed by atoms with E-state index in [-0.39, 0.29) is 17.5 Å². The molecule has 2 aromatic heterocycles. The van der Waals surface area contributed by atoms with Crippen LogP contribution in [0.25, 0.3) is 11.7 Å². The Morgan fingerprint density at radius 1 is 1.37 bits per heavy atom. The predicted molar refractivity (Wildman–Crippen MR) is 112 cm³/mol. The molecule has 1 aliphatic heterocycles. The van der Waals surface area contributed by atoms with Crippen LogP contribution in [0.15, 0.2) is 34.1 Å². The number of thioether (sulfide) groups is 1. The normalized spacial score (nSPS) is 16.1. The number of nitrogens with zero attached hydrogens (tertiary/aromatic N) is 3. The van der Waals surface area contributed by atoms with Gasteiger partial charge in [0, 0.05) is 25.9 Å². The number of pyridine rings is 1. The summed E-state index contributed by atoms with van der Waals surface area (Å²) in [7, 11) is 1.60. The van der Waals surface area contributed by atoms with Crippen LogP contribution in [0.4, 0.5) is 5.82 Å². The number of ether oxygens (including phenoxy) is 1. The Hall–Kier alpha value is -2.23. The van der Waals surface area contributed by atoms with Crippen LogP contribution in [0.3, 0.4) is 0 Å². The van der Waals surface area contributed by atoms with Gasteiger partial charge in [0.1, 0.15) is 15.8 Å². The van der Waals surface area contributed by atoms with E-state index in [2.05, 4.69) is 10.3 Å². The quantitative estimate of drug-likeness (QED) is 0.450. The maximum absolute atomic E-state index is 13.0. The summed E-state index contributed by atoms with van der Waals surface area (Å²) in [5, 5.41) is 3.12. The second-order valence-corrected chi connectivity index (χ2v) is 7.85. The van der Waals surface area contributed by atoms with Crippen molar-refractivity contribution in [1.82, 2.24) is 14.3 Å². The second-order valence-electron chi connectivity index (χ2n) is 6.17. The third-order valence-corrected chi connectivity index (χ3v) is 5.31. The van der Waals surface area contributed by atoms with Gasteiger partial charge in [-0.25, -0.2) is 4.98 Å². The first kappa shape index (κ1) is 19.5. The van der Waals surface area contributed by atoms with E-state index < -0.39 is 0 Å². The number of hydrogen-bond acceptors (Lipinski definition) is 7. The topological polar surface area (TPSA) is 75.9 Å². The number of thiocarbonyl (C=S) groups is 1. The minimum absolute atomic E-state index is 0.0430. The first-order valence-electron chi connectivity index (χ1n) is 8.45. The molecule has 1 N–H and O–H groups in total. The Labute approximate surface area is 166 Å². The Balaban J connectivity index is 2.10. The molecule has 1 fully saturated rings. The third-order valence-electron chi connectivity index (χ3n) is 3.98. The highest BCUT2D eigenvalue weighted by Crippen LogP contribution is 2.34. The number of amides is 1. The van der Waals surface area contributed by atoms with Crippen molar-refractivity contribution in [1.29, 1.82) is 0 Å². The largest absolute Gasteiger partial charge is 0.383 e.